The first kappa shape index (κ1) is 20.1. The predicted octanol–water partition coefficient (Wildman–Crippen LogP) is 4.63. The number of thiocarbonyl (C=S) groups is 1. The summed E-state index contributed by atoms with van der Waals surface area (Å²) in [6.07, 6.45) is 2.57. The second-order valence-electron chi connectivity index (χ2n) is 6.00. The van der Waals surface area contributed by atoms with Crippen LogP contribution in [0.3, 0.4) is 0 Å². The van der Waals surface area contributed by atoms with Gasteiger partial charge in [-0.3, -0.25) is 14.5 Å². The molecule has 1 saturated heterocycles. The zero-order valence-corrected chi connectivity index (χ0v) is 16.9. The highest BCUT2D eigenvalue weighted by Gasteiger charge is 2.31. The van der Waals surface area contributed by atoms with Crippen LogP contribution in [-0.4, -0.2) is 34.8 Å². The van der Waals surface area contributed by atoms with Gasteiger partial charge in [-0.25, -0.2) is 0 Å². The fourth-order valence-electron chi connectivity index (χ4n) is 2.62. The maximum Gasteiger partial charge on any atom is 0.305 e. The summed E-state index contributed by atoms with van der Waals surface area (Å²) in [6, 6.07) is 17.0. The number of esters is 1. The number of hydrogen-bond acceptors (Lipinski definition) is 6. The van der Waals surface area contributed by atoms with E-state index in [4.69, 9.17) is 17.0 Å². The molecule has 3 rings (SSSR count). The van der Waals surface area contributed by atoms with Crippen LogP contribution >= 0.6 is 24.0 Å². The van der Waals surface area contributed by atoms with Gasteiger partial charge in [0.2, 0.25) is 0 Å². The van der Waals surface area contributed by atoms with Crippen molar-refractivity contribution in [2.45, 2.75) is 12.8 Å². The molecule has 144 valence electrons. The van der Waals surface area contributed by atoms with E-state index < -0.39 is 0 Å². The van der Waals surface area contributed by atoms with E-state index in [1.165, 1.54) is 23.8 Å². The van der Waals surface area contributed by atoms with Gasteiger partial charge in [-0.1, -0.05) is 54.3 Å². The summed E-state index contributed by atoms with van der Waals surface area (Å²) >= 11 is 6.58. The van der Waals surface area contributed by atoms with Crippen LogP contribution in [0.4, 0.5) is 0 Å². The van der Waals surface area contributed by atoms with Gasteiger partial charge in [0.05, 0.1) is 12.0 Å². The molecule has 0 unspecified atom stereocenters. The number of amides is 1. The van der Waals surface area contributed by atoms with Crippen LogP contribution in [0.1, 0.15) is 18.4 Å². The fourth-order valence-corrected chi connectivity index (χ4v) is 3.93. The summed E-state index contributed by atoms with van der Waals surface area (Å²) in [5.41, 5.74) is 0.850. The molecule has 0 radical (unpaired) electrons. The van der Waals surface area contributed by atoms with Gasteiger partial charge in [0, 0.05) is 13.0 Å². The minimum Gasteiger partial charge on any atom is -0.469 e. The van der Waals surface area contributed by atoms with Crippen molar-refractivity contribution in [3.05, 3.63) is 65.1 Å². The third kappa shape index (κ3) is 5.21. The number of methoxy groups -OCH3 is 1. The van der Waals surface area contributed by atoms with Gasteiger partial charge in [0.25, 0.3) is 5.91 Å². The van der Waals surface area contributed by atoms with E-state index in [0.29, 0.717) is 27.9 Å². The van der Waals surface area contributed by atoms with Crippen molar-refractivity contribution < 1.29 is 19.1 Å². The van der Waals surface area contributed by atoms with E-state index in [1.54, 1.807) is 6.08 Å². The van der Waals surface area contributed by atoms with Crippen LogP contribution in [-0.2, 0) is 14.3 Å². The Morgan fingerprint density at radius 2 is 1.89 bits per heavy atom. The molecule has 28 heavy (non-hydrogen) atoms. The predicted molar refractivity (Wildman–Crippen MR) is 114 cm³/mol. The van der Waals surface area contributed by atoms with Crippen LogP contribution < -0.4 is 4.74 Å². The van der Waals surface area contributed by atoms with Crippen molar-refractivity contribution in [1.82, 2.24) is 4.90 Å². The van der Waals surface area contributed by atoms with Gasteiger partial charge < -0.3 is 9.47 Å². The molecule has 0 N–H and O–H groups in total. The second-order valence-corrected chi connectivity index (χ2v) is 7.68. The highest BCUT2D eigenvalue weighted by Crippen LogP contribution is 2.33. The number of thioether (sulfide) groups is 1. The first-order valence-corrected chi connectivity index (χ1v) is 9.94. The average Bonchev–Trinajstić information content (AvgIpc) is 2.96. The van der Waals surface area contributed by atoms with Gasteiger partial charge in [0.15, 0.2) is 0 Å². The van der Waals surface area contributed by atoms with E-state index in [9.17, 15) is 9.59 Å². The Labute approximate surface area is 173 Å². The van der Waals surface area contributed by atoms with Crippen molar-refractivity contribution in [2.75, 3.05) is 13.7 Å². The quantitative estimate of drug-likeness (QED) is 0.375. The summed E-state index contributed by atoms with van der Waals surface area (Å²) in [7, 11) is 1.35. The van der Waals surface area contributed by atoms with Crippen molar-refractivity contribution >= 4 is 46.3 Å². The van der Waals surface area contributed by atoms with E-state index in [0.717, 1.165) is 11.3 Å². The number of carbonyl (C=O) groups excluding carboxylic acids is 2. The zero-order valence-electron chi connectivity index (χ0n) is 15.3. The van der Waals surface area contributed by atoms with Crippen LogP contribution in [0.15, 0.2) is 59.5 Å². The van der Waals surface area contributed by atoms with Crippen LogP contribution in [0.25, 0.3) is 6.08 Å². The number of ether oxygens (including phenoxy) is 2. The number of rotatable bonds is 7. The SMILES string of the molecule is COC(=O)CCCN1C(=O)/C(=C\c2cccc(Oc3ccccc3)c2)SC1=S. The Kier molecular flexibility index (Phi) is 6.84. The Balaban J connectivity index is 1.68. The molecule has 0 bridgehead atoms. The largest absolute Gasteiger partial charge is 0.469 e. The molecule has 1 fully saturated rings. The number of carbonyl (C=O) groups is 2. The standard InChI is InChI=1S/C21H19NO4S2/c1-25-19(23)11-6-12-22-20(24)18(28-21(22)27)14-15-7-5-10-17(13-15)26-16-8-3-2-4-9-16/h2-5,7-10,13-14H,6,11-12H2,1H3/b18-14+. The molecule has 7 heteroatoms. The number of benzene rings is 2. The number of nitrogens with zero attached hydrogens (tertiary/aromatic N) is 1. The van der Waals surface area contributed by atoms with E-state index >= 15 is 0 Å². The lowest BCUT2D eigenvalue weighted by Crippen LogP contribution is -2.29. The van der Waals surface area contributed by atoms with Gasteiger partial charge in [-0.05, 0) is 42.3 Å². The molecule has 0 spiro atoms. The summed E-state index contributed by atoms with van der Waals surface area (Å²) in [5, 5.41) is 0. The van der Waals surface area contributed by atoms with Gasteiger partial charge in [-0.2, -0.15) is 0 Å². The molecule has 1 amide bonds. The molecule has 0 aliphatic carbocycles. The maximum atomic E-state index is 12.6. The Bertz CT molecular complexity index is 912. The summed E-state index contributed by atoms with van der Waals surface area (Å²) in [5.74, 6) is 0.996. The van der Waals surface area contributed by atoms with Crippen molar-refractivity contribution in [2.24, 2.45) is 0 Å². The molecular weight excluding hydrogens is 394 g/mol. The number of hydrogen-bond donors (Lipinski definition) is 0. The fraction of sp³-hybridized carbons (Fsp3) is 0.190. The van der Waals surface area contributed by atoms with E-state index in [1.807, 2.05) is 54.6 Å². The molecule has 1 heterocycles. The van der Waals surface area contributed by atoms with Crippen molar-refractivity contribution in [3.8, 4) is 11.5 Å². The van der Waals surface area contributed by atoms with Crippen LogP contribution in [0, 0.1) is 0 Å². The highest BCUT2D eigenvalue weighted by molar-refractivity contribution is 8.26. The number of para-hydroxylation sites is 1. The zero-order chi connectivity index (χ0) is 19.9. The Morgan fingerprint density at radius 1 is 1.14 bits per heavy atom. The molecule has 1 aliphatic heterocycles. The topological polar surface area (TPSA) is 55.8 Å². The van der Waals surface area contributed by atoms with Gasteiger partial charge >= 0.3 is 5.97 Å². The first-order valence-electron chi connectivity index (χ1n) is 8.72. The third-order valence-corrected chi connectivity index (χ3v) is 5.38. The van der Waals surface area contributed by atoms with Crippen LogP contribution in [0.5, 0.6) is 11.5 Å². The molecular formula is C21H19NO4S2. The lowest BCUT2D eigenvalue weighted by atomic mass is 10.2. The summed E-state index contributed by atoms with van der Waals surface area (Å²) in [6.45, 7) is 0.397. The minimum absolute atomic E-state index is 0.144. The minimum atomic E-state index is -0.295. The summed E-state index contributed by atoms with van der Waals surface area (Å²) < 4.78 is 11.0. The second kappa shape index (κ2) is 9.52. The van der Waals surface area contributed by atoms with Gasteiger partial charge in [-0.15, -0.1) is 0 Å². The van der Waals surface area contributed by atoms with Crippen molar-refractivity contribution in [3.63, 3.8) is 0 Å². The molecule has 2 aromatic rings. The molecule has 2 aromatic carbocycles. The van der Waals surface area contributed by atoms with Crippen LogP contribution in [0.2, 0.25) is 0 Å². The highest BCUT2D eigenvalue weighted by atomic mass is 32.2. The Morgan fingerprint density at radius 3 is 2.64 bits per heavy atom. The lowest BCUT2D eigenvalue weighted by Gasteiger charge is -2.13. The molecule has 5 nitrogen and oxygen atoms in total. The summed E-state index contributed by atoms with van der Waals surface area (Å²) in [4.78, 5) is 26.0. The smallest absolute Gasteiger partial charge is 0.305 e. The third-order valence-electron chi connectivity index (χ3n) is 4.00. The van der Waals surface area contributed by atoms with Crippen molar-refractivity contribution in [1.29, 1.82) is 0 Å². The normalized spacial score (nSPS) is 15.2. The molecule has 0 aromatic heterocycles. The lowest BCUT2D eigenvalue weighted by molar-refractivity contribution is -0.141. The van der Waals surface area contributed by atoms with E-state index in [2.05, 4.69) is 4.74 Å². The average molecular weight is 414 g/mol. The molecule has 0 atom stereocenters. The maximum absolute atomic E-state index is 12.6. The molecule has 1 aliphatic rings. The molecule has 0 saturated carbocycles. The van der Waals surface area contributed by atoms with E-state index in [-0.39, 0.29) is 18.3 Å². The first-order chi connectivity index (χ1) is 13.6. The van der Waals surface area contributed by atoms with Gasteiger partial charge in [0.1, 0.15) is 15.8 Å². The Hall–Kier alpha value is -2.64. The monoisotopic (exact) mass is 413 g/mol.